The zero-order valence-electron chi connectivity index (χ0n) is 12.3. The average molecular weight is 275 g/mol. The smallest absolute Gasteiger partial charge is 0.227 e. The Balaban J connectivity index is 2.43. The van der Waals surface area contributed by atoms with Gasteiger partial charge in [0.25, 0.3) is 0 Å². The minimum atomic E-state index is -0.470. The third-order valence-corrected chi connectivity index (χ3v) is 4.40. The molecule has 1 N–H and O–H groups in total. The van der Waals surface area contributed by atoms with Gasteiger partial charge in [-0.2, -0.15) is 0 Å². The molecule has 0 spiro atoms. The molecule has 0 aromatic heterocycles. The van der Waals surface area contributed by atoms with Crippen LogP contribution in [0.25, 0.3) is 0 Å². The van der Waals surface area contributed by atoms with Gasteiger partial charge in [0, 0.05) is 30.6 Å². The third kappa shape index (κ3) is 4.13. The first-order valence-electron chi connectivity index (χ1n) is 6.79. The van der Waals surface area contributed by atoms with E-state index >= 15 is 0 Å². The second-order valence-electron chi connectivity index (χ2n) is 6.92. The summed E-state index contributed by atoms with van der Waals surface area (Å²) in [5.74, 6) is 0.436. The van der Waals surface area contributed by atoms with Crippen LogP contribution in [-0.4, -0.2) is 41.4 Å². The predicted molar refractivity (Wildman–Crippen MR) is 77.0 cm³/mol. The molecule has 0 saturated carbocycles. The summed E-state index contributed by atoms with van der Waals surface area (Å²) in [6.45, 7) is 12.6. The maximum absolute atomic E-state index is 12.0. The van der Waals surface area contributed by atoms with E-state index in [1.807, 2.05) is 13.8 Å². The van der Waals surface area contributed by atoms with Crippen molar-refractivity contribution in [3.05, 3.63) is 0 Å². The molecule has 0 radical (unpaired) electrons. The number of alkyl halides is 1. The van der Waals surface area contributed by atoms with Crippen molar-refractivity contribution < 1.29 is 4.79 Å². The molecule has 1 aliphatic heterocycles. The summed E-state index contributed by atoms with van der Waals surface area (Å²) in [4.78, 5) is 14.5. The Labute approximate surface area is 116 Å². The van der Waals surface area contributed by atoms with E-state index in [4.69, 9.17) is 11.6 Å². The number of likely N-dealkylation sites (tertiary alicyclic amines) is 1. The van der Waals surface area contributed by atoms with Gasteiger partial charge in [0.1, 0.15) is 0 Å². The summed E-state index contributed by atoms with van der Waals surface area (Å²) >= 11 is 5.82. The molecule has 0 aliphatic carbocycles. The molecule has 1 aliphatic rings. The highest BCUT2D eigenvalue weighted by Gasteiger charge is 2.31. The van der Waals surface area contributed by atoms with E-state index in [0.29, 0.717) is 11.9 Å². The Kier molecular flexibility index (Phi) is 5.07. The molecule has 3 nitrogen and oxygen atoms in total. The summed E-state index contributed by atoms with van der Waals surface area (Å²) in [6.07, 6.45) is 2.06. The Morgan fingerprint density at radius 2 is 1.72 bits per heavy atom. The second kappa shape index (κ2) is 5.79. The van der Waals surface area contributed by atoms with E-state index in [0.717, 1.165) is 25.9 Å². The fraction of sp³-hybridized carbons (Fsp3) is 0.929. The molecule has 1 amide bonds. The molecule has 106 valence electrons. The number of carbonyl (C=O) groups excluding carboxylic acids is 1. The van der Waals surface area contributed by atoms with Crippen molar-refractivity contribution >= 4 is 17.5 Å². The first kappa shape index (κ1) is 15.8. The molecule has 0 aromatic rings. The largest absolute Gasteiger partial charge is 0.353 e. The number of nitrogens with one attached hydrogen (secondary N) is 1. The number of hydrogen-bond donors (Lipinski definition) is 1. The Morgan fingerprint density at radius 3 is 2.11 bits per heavy atom. The third-order valence-electron chi connectivity index (χ3n) is 3.73. The van der Waals surface area contributed by atoms with E-state index in [1.54, 1.807) is 0 Å². The maximum Gasteiger partial charge on any atom is 0.227 e. The summed E-state index contributed by atoms with van der Waals surface area (Å²) < 4.78 is 0. The molecular formula is C14H27ClN2O. The summed E-state index contributed by atoms with van der Waals surface area (Å²) in [7, 11) is 0. The van der Waals surface area contributed by atoms with E-state index in [-0.39, 0.29) is 11.4 Å². The lowest BCUT2D eigenvalue weighted by Gasteiger charge is -2.41. The van der Waals surface area contributed by atoms with Crippen molar-refractivity contribution in [3.63, 3.8) is 0 Å². The van der Waals surface area contributed by atoms with Crippen LogP contribution in [-0.2, 0) is 4.79 Å². The SMILES string of the molecule is CC(C)(CCl)C(=O)NC1CCN(C(C)(C)C)CC1. The van der Waals surface area contributed by atoms with Crippen molar-refractivity contribution in [1.29, 1.82) is 0 Å². The number of amides is 1. The van der Waals surface area contributed by atoms with Gasteiger partial charge in [-0.05, 0) is 47.5 Å². The minimum absolute atomic E-state index is 0.0757. The maximum atomic E-state index is 12.0. The van der Waals surface area contributed by atoms with Gasteiger partial charge in [-0.3, -0.25) is 9.69 Å². The van der Waals surface area contributed by atoms with Crippen molar-refractivity contribution in [1.82, 2.24) is 10.2 Å². The summed E-state index contributed by atoms with van der Waals surface area (Å²) in [5, 5.41) is 3.13. The average Bonchev–Trinajstić information content (AvgIpc) is 2.28. The van der Waals surface area contributed by atoms with E-state index in [2.05, 4.69) is 31.0 Å². The lowest BCUT2D eigenvalue weighted by molar-refractivity contribution is -0.129. The van der Waals surface area contributed by atoms with Crippen LogP contribution < -0.4 is 5.32 Å². The number of hydrogen-bond acceptors (Lipinski definition) is 2. The van der Waals surface area contributed by atoms with Crippen molar-refractivity contribution in [2.45, 2.75) is 59.0 Å². The number of halogens is 1. The van der Waals surface area contributed by atoms with Gasteiger partial charge in [-0.15, -0.1) is 11.6 Å². The number of piperidine rings is 1. The summed E-state index contributed by atoms with van der Waals surface area (Å²) in [5.41, 5.74) is -0.243. The molecule has 1 rings (SSSR count). The fourth-order valence-corrected chi connectivity index (χ4v) is 2.26. The first-order chi connectivity index (χ1) is 8.16. The van der Waals surface area contributed by atoms with Crippen LogP contribution in [0.2, 0.25) is 0 Å². The standard InChI is InChI=1S/C14H27ClN2O/c1-13(2,3)17-8-6-11(7-9-17)16-12(18)14(4,5)10-15/h11H,6-10H2,1-5H3,(H,16,18). The number of carbonyl (C=O) groups is 1. The van der Waals surface area contributed by atoms with Gasteiger partial charge in [0.2, 0.25) is 5.91 Å². The van der Waals surface area contributed by atoms with Gasteiger partial charge in [0.05, 0.1) is 5.41 Å². The van der Waals surface area contributed by atoms with Crippen molar-refractivity contribution in [2.75, 3.05) is 19.0 Å². The van der Waals surface area contributed by atoms with Gasteiger partial charge in [-0.25, -0.2) is 0 Å². The minimum Gasteiger partial charge on any atom is -0.353 e. The Bertz CT molecular complexity index is 289. The summed E-state index contributed by atoms with van der Waals surface area (Å²) in [6, 6.07) is 0.304. The normalized spacial score (nSPS) is 19.9. The molecule has 0 unspecified atom stereocenters. The highest BCUT2D eigenvalue weighted by molar-refractivity contribution is 6.19. The highest BCUT2D eigenvalue weighted by atomic mass is 35.5. The van der Waals surface area contributed by atoms with Crippen molar-refractivity contribution in [2.24, 2.45) is 5.41 Å². The lowest BCUT2D eigenvalue weighted by atomic mass is 9.93. The number of nitrogens with zero attached hydrogens (tertiary/aromatic N) is 1. The second-order valence-corrected chi connectivity index (χ2v) is 7.19. The van der Waals surface area contributed by atoms with E-state index < -0.39 is 5.41 Å². The molecule has 0 atom stereocenters. The van der Waals surface area contributed by atoms with Crippen LogP contribution in [0.3, 0.4) is 0 Å². The van der Waals surface area contributed by atoms with Crippen molar-refractivity contribution in [3.8, 4) is 0 Å². The highest BCUT2D eigenvalue weighted by Crippen LogP contribution is 2.22. The van der Waals surface area contributed by atoms with E-state index in [9.17, 15) is 4.79 Å². The molecule has 0 bridgehead atoms. The van der Waals surface area contributed by atoms with Gasteiger partial charge >= 0.3 is 0 Å². The van der Waals surface area contributed by atoms with Crippen LogP contribution in [0.4, 0.5) is 0 Å². The molecule has 4 heteroatoms. The van der Waals surface area contributed by atoms with Gasteiger partial charge in [-0.1, -0.05) is 0 Å². The molecule has 1 heterocycles. The zero-order chi connectivity index (χ0) is 14.0. The molecular weight excluding hydrogens is 248 g/mol. The van der Waals surface area contributed by atoms with Gasteiger partial charge < -0.3 is 5.32 Å². The van der Waals surface area contributed by atoms with E-state index in [1.165, 1.54) is 0 Å². The fourth-order valence-electron chi connectivity index (χ4n) is 2.14. The molecule has 1 saturated heterocycles. The predicted octanol–water partition coefficient (Wildman–Crippen LogP) is 2.63. The van der Waals surface area contributed by atoms with Crippen LogP contribution >= 0.6 is 11.6 Å². The number of rotatable bonds is 3. The van der Waals surface area contributed by atoms with Crippen LogP contribution in [0, 0.1) is 5.41 Å². The molecule has 0 aromatic carbocycles. The molecule has 1 fully saturated rings. The Morgan fingerprint density at radius 1 is 1.22 bits per heavy atom. The topological polar surface area (TPSA) is 32.3 Å². The molecule has 18 heavy (non-hydrogen) atoms. The Hall–Kier alpha value is -0.280. The van der Waals surface area contributed by atoms with Crippen LogP contribution in [0.1, 0.15) is 47.5 Å². The lowest BCUT2D eigenvalue weighted by Crippen LogP contribution is -2.52. The van der Waals surface area contributed by atoms with Crippen LogP contribution in [0.15, 0.2) is 0 Å². The van der Waals surface area contributed by atoms with Gasteiger partial charge in [0.15, 0.2) is 0 Å². The monoisotopic (exact) mass is 274 g/mol. The quantitative estimate of drug-likeness (QED) is 0.803. The van der Waals surface area contributed by atoms with Crippen LogP contribution in [0.5, 0.6) is 0 Å². The first-order valence-corrected chi connectivity index (χ1v) is 7.32. The zero-order valence-corrected chi connectivity index (χ0v) is 13.1.